The highest BCUT2D eigenvalue weighted by molar-refractivity contribution is 6.06. The number of nitro benzene ring substituents is 1. The molecule has 2 aliphatic carbocycles. The Labute approximate surface area is 407 Å². The lowest BCUT2D eigenvalue weighted by Crippen LogP contribution is -2.54. The molecule has 0 aromatic heterocycles. The van der Waals surface area contributed by atoms with Crippen LogP contribution >= 0.6 is 0 Å². The molecule has 2 aliphatic rings. The fourth-order valence-corrected chi connectivity index (χ4v) is 6.55. The minimum absolute atomic E-state index is 0.000144. The molecule has 0 saturated heterocycles. The molecular formula is C50H54N6O15. The molecule has 3 unspecified atom stereocenters. The van der Waals surface area contributed by atoms with Crippen molar-refractivity contribution in [2.75, 3.05) is 17.7 Å². The van der Waals surface area contributed by atoms with Crippen LogP contribution in [0.25, 0.3) is 0 Å². The van der Waals surface area contributed by atoms with Gasteiger partial charge in [0.1, 0.15) is 6.04 Å². The first-order chi connectivity index (χ1) is 33.7. The molecule has 71 heavy (non-hydrogen) atoms. The van der Waals surface area contributed by atoms with Crippen LogP contribution in [0.4, 0.5) is 17.1 Å². The third kappa shape index (κ3) is 15.4. The van der Waals surface area contributed by atoms with Gasteiger partial charge in [-0.25, -0.2) is 9.59 Å². The van der Waals surface area contributed by atoms with Gasteiger partial charge in [-0.05, 0) is 125 Å². The van der Waals surface area contributed by atoms with Crippen molar-refractivity contribution in [3.05, 3.63) is 170 Å². The monoisotopic (exact) mass is 978 g/mol. The van der Waals surface area contributed by atoms with E-state index in [9.17, 15) is 59.0 Å². The van der Waals surface area contributed by atoms with Crippen LogP contribution in [-0.2, 0) is 33.4 Å². The maximum Gasteiger partial charge on any atom is 0.335 e. The van der Waals surface area contributed by atoms with Gasteiger partial charge in [0.05, 0.1) is 40.1 Å². The minimum atomic E-state index is -1.86. The molecule has 374 valence electrons. The number of aliphatic carboxylic acids is 2. The third-order valence-corrected chi connectivity index (χ3v) is 9.82. The molecule has 0 saturated carbocycles. The molecule has 0 radical (unpaired) electrons. The number of methoxy groups -OCH3 is 1. The number of nitro groups is 1. The molecule has 21 nitrogen and oxygen atoms in total. The SMILES string of the molecule is CC.COC(C(=O)O)C(NC(=O)c1ccc(NC(=O)c2ccc([N+](=O)[O-])cc2)cc1)C(=O)Nc1ccc(C(=O)NC2=C(OC(C)C)C(O)=C(C(=O)NC3=CC(OC(C)C)C=C(C(=O)O)C=C3)CC=C2)cc1. The van der Waals surface area contributed by atoms with Gasteiger partial charge in [-0.15, -0.1) is 0 Å². The van der Waals surface area contributed by atoms with E-state index < -0.39 is 76.5 Å². The second-order valence-electron chi connectivity index (χ2n) is 15.6. The standard InChI is InChI=1S/C48H48N6O15.C2H6/c1-25(2)68-35-23-30(47(61)62)13-20-33(24-35)51-45(59)36-7-6-8-37(40(39(36)55)69-26(3)4)52-43(57)27-9-18-32(19-10-27)50-46(60)38(41(67-5)48(63)64)53-44(58)28-11-16-31(17-12-28)49-42(56)29-14-21-34(22-15-29)54(65)66;1-2/h6,8-26,35,38,41,55H,7H2,1-5H3,(H,49,56)(H,50,60)(H,51,59)(H,52,57)(H,53,58)(H,61,62)(H,63,64);1-2H3. The van der Waals surface area contributed by atoms with Gasteiger partial charge in [-0.2, -0.15) is 0 Å². The summed E-state index contributed by atoms with van der Waals surface area (Å²) in [7, 11) is 1.03. The van der Waals surface area contributed by atoms with Gasteiger partial charge >= 0.3 is 11.9 Å². The summed E-state index contributed by atoms with van der Waals surface area (Å²) in [5.74, 6) is -7.45. The van der Waals surface area contributed by atoms with E-state index in [0.717, 1.165) is 7.11 Å². The summed E-state index contributed by atoms with van der Waals surface area (Å²) in [6, 6.07) is 13.8. The van der Waals surface area contributed by atoms with Gasteiger partial charge in [0.25, 0.3) is 29.3 Å². The molecule has 21 heteroatoms. The van der Waals surface area contributed by atoms with E-state index in [1.807, 2.05) is 13.8 Å². The van der Waals surface area contributed by atoms with E-state index >= 15 is 0 Å². The molecule has 8 N–H and O–H groups in total. The van der Waals surface area contributed by atoms with E-state index in [0.29, 0.717) is 0 Å². The number of nitrogens with one attached hydrogen (secondary N) is 5. The fraction of sp³-hybridized carbons (Fsp3) is 0.260. The molecular weight excluding hydrogens is 925 g/mol. The lowest BCUT2D eigenvalue weighted by Gasteiger charge is -2.23. The highest BCUT2D eigenvalue weighted by Crippen LogP contribution is 2.27. The quantitative estimate of drug-likeness (QED) is 0.0488. The van der Waals surface area contributed by atoms with Gasteiger partial charge in [0, 0.05) is 53.0 Å². The normalized spacial score (nSPS) is 15.1. The predicted octanol–water partition coefficient (Wildman–Crippen LogP) is 6.22. The number of carbonyl (C=O) groups is 7. The number of anilines is 2. The highest BCUT2D eigenvalue weighted by Gasteiger charge is 2.36. The summed E-state index contributed by atoms with van der Waals surface area (Å²) in [5.41, 5.74) is 0.332. The van der Waals surface area contributed by atoms with Crippen LogP contribution in [0.5, 0.6) is 0 Å². The number of benzene rings is 3. The number of aliphatic hydroxyl groups excluding tert-OH is 1. The van der Waals surface area contributed by atoms with Crippen LogP contribution in [0.3, 0.4) is 0 Å². The Balaban J connectivity index is 0.00000540. The van der Waals surface area contributed by atoms with Gasteiger partial charge < -0.3 is 56.1 Å². The number of ether oxygens (including phenoxy) is 3. The van der Waals surface area contributed by atoms with E-state index in [-0.39, 0.29) is 74.6 Å². The molecule has 5 rings (SSSR count). The molecule has 0 fully saturated rings. The minimum Gasteiger partial charge on any atom is -0.504 e. The number of allylic oxidation sites excluding steroid dienone is 3. The Hall–Kier alpha value is -8.69. The number of hydrogen-bond donors (Lipinski definition) is 8. The van der Waals surface area contributed by atoms with E-state index in [1.54, 1.807) is 27.7 Å². The van der Waals surface area contributed by atoms with Gasteiger partial charge in [-0.3, -0.25) is 34.1 Å². The van der Waals surface area contributed by atoms with Gasteiger partial charge in [0.15, 0.2) is 17.6 Å². The zero-order chi connectivity index (χ0) is 52.5. The third-order valence-electron chi connectivity index (χ3n) is 9.82. The predicted molar refractivity (Wildman–Crippen MR) is 259 cm³/mol. The van der Waals surface area contributed by atoms with Crippen LogP contribution in [-0.4, -0.2) is 99.3 Å². The number of carboxylic acid groups (broad SMARTS) is 2. The number of non-ortho nitro benzene ring substituents is 1. The molecule has 0 bridgehead atoms. The van der Waals surface area contributed by atoms with Crippen molar-refractivity contribution in [2.45, 2.75) is 78.4 Å². The van der Waals surface area contributed by atoms with E-state index in [1.165, 1.54) is 109 Å². The molecule has 0 spiro atoms. The van der Waals surface area contributed by atoms with Crippen molar-refractivity contribution in [1.82, 2.24) is 16.0 Å². The Bertz CT molecular complexity index is 2700. The average molecular weight is 979 g/mol. The van der Waals surface area contributed by atoms with E-state index in [2.05, 4.69) is 26.6 Å². The fourth-order valence-electron chi connectivity index (χ4n) is 6.55. The summed E-state index contributed by atoms with van der Waals surface area (Å²) in [5, 5.41) is 54.6. The topological polar surface area (TPSA) is 311 Å². The van der Waals surface area contributed by atoms with Gasteiger partial charge in [0.2, 0.25) is 5.91 Å². The molecule has 3 aromatic carbocycles. The summed E-state index contributed by atoms with van der Waals surface area (Å²) in [6.07, 6.45) is 4.99. The Morgan fingerprint density at radius 3 is 1.76 bits per heavy atom. The average Bonchev–Trinajstić information content (AvgIpc) is 3.62. The summed E-state index contributed by atoms with van der Waals surface area (Å²) >= 11 is 0. The van der Waals surface area contributed by atoms with Crippen molar-refractivity contribution < 1.29 is 68.0 Å². The van der Waals surface area contributed by atoms with Crippen molar-refractivity contribution in [2.24, 2.45) is 0 Å². The number of amides is 5. The smallest absolute Gasteiger partial charge is 0.335 e. The second-order valence-corrected chi connectivity index (χ2v) is 15.6. The zero-order valence-corrected chi connectivity index (χ0v) is 39.7. The second kappa shape index (κ2) is 25.6. The number of carbonyl (C=O) groups excluding carboxylic acids is 5. The molecule has 0 aliphatic heterocycles. The van der Waals surface area contributed by atoms with Crippen LogP contribution in [0.15, 0.2) is 143 Å². The van der Waals surface area contributed by atoms with Crippen molar-refractivity contribution in [3.63, 3.8) is 0 Å². The molecule has 3 atom stereocenters. The first-order valence-electron chi connectivity index (χ1n) is 22.0. The zero-order valence-electron chi connectivity index (χ0n) is 39.7. The largest absolute Gasteiger partial charge is 0.504 e. The Morgan fingerprint density at radius 2 is 1.24 bits per heavy atom. The maximum atomic E-state index is 13.6. The number of aliphatic hydroxyl groups is 1. The van der Waals surface area contributed by atoms with Crippen LogP contribution in [0, 0.1) is 10.1 Å². The lowest BCUT2D eigenvalue weighted by atomic mass is 10.1. The van der Waals surface area contributed by atoms with Crippen molar-refractivity contribution in [1.29, 1.82) is 0 Å². The Kier molecular flexibility index (Phi) is 19.8. The van der Waals surface area contributed by atoms with Crippen LogP contribution < -0.4 is 26.6 Å². The number of carboxylic acids is 2. The van der Waals surface area contributed by atoms with Crippen LogP contribution in [0.2, 0.25) is 0 Å². The summed E-state index contributed by atoms with van der Waals surface area (Å²) < 4.78 is 16.7. The lowest BCUT2D eigenvalue weighted by molar-refractivity contribution is -0.384. The summed E-state index contributed by atoms with van der Waals surface area (Å²) in [4.78, 5) is 101. The van der Waals surface area contributed by atoms with Crippen molar-refractivity contribution >= 4 is 58.5 Å². The Morgan fingerprint density at radius 1 is 0.690 bits per heavy atom. The van der Waals surface area contributed by atoms with Gasteiger partial charge in [-0.1, -0.05) is 19.9 Å². The number of rotatable bonds is 19. The number of nitrogens with zero attached hydrogens (tertiary/aromatic N) is 1. The number of hydrogen-bond acceptors (Lipinski definition) is 13. The van der Waals surface area contributed by atoms with Crippen LogP contribution in [0.1, 0.15) is 79.0 Å². The first-order valence-corrected chi connectivity index (χ1v) is 22.0. The highest BCUT2D eigenvalue weighted by atomic mass is 16.6. The molecule has 5 amide bonds. The molecule has 3 aromatic rings. The van der Waals surface area contributed by atoms with Crippen molar-refractivity contribution in [3.8, 4) is 0 Å². The maximum absolute atomic E-state index is 13.6. The first kappa shape index (κ1) is 54.9. The molecule has 0 heterocycles. The van der Waals surface area contributed by atoms with E-state index in [4.69, 9.17) is 14.2 Å². The summed E-state index contributed by atoms with van der Waals surface area (Å²) in [6.45, 7) is 10.9.